The van der Waals surface area contributed by atoms with Crippen LogP contribution in [0.15, 0.2) is 60.7 Å². The second-order valence-electron chi connectivity index (χ2n) is 7.54. The number of hydrogen-bond donors (Lipinski definition) is 3. The number of nitrogens with one attached hydrogen (secondary N) is 3. The van der Waals surface area contributed by atoms with Crippen molar-refractivity contribution in [3.8, 4) is 5.75 Å². The number of ether oxygens (including phenoxy) is 1. The molecular weight excluding hydrogens is 378 g/mol. The smallest absolute Gasteiger partial charge is 0.282 e. The van der Waals surface area contributed by atoms with Gasteiger partial charge in [0.15, 0.2) is 6.04 Å². The molecule has 0 fully saturated rings. The number of quaternary nitrogens is 1. The van der Waals surface area contributed by atoms with Crippen molar-refractivity contribution in [2.75, 3.05) is 24.8 Å². The third-order valence-corrected chi connectivity index (χ3v) is 5.20. The Hall–Kier alpha value is -3.38. The number of hydrogen-bond acceptors (Lipinski definition) is 3. The minimum Gasteiger partial charge on any atom is -0.497 e. The molecule has 0 aromatic heterocycles. The maximum absolute atomic E-state index is 12.7. The second-order valence-corrected chi connectivity index (χ2v) is 7.54. The Morgan fingerprint density at radius 3 is 2.17 bits per heavy atom. The zero-order valence-corrected chi connectivity index (χ0v) is 17.8. The molecule has 1 unspecified atom stereocenters. The van der Waals surface area contributed by atoms with Crippen LogP contribution in [-0.4, -0.2) is 32.0 Å². The quantitative estimate of drug-likeness (QED) is 0.565. The number of carbonyl (C=O) groups is 2. The Morgan fingerprint density at radius 2 is 1.53 bits per heavy atom. The highest BCUT2D eigenvalue weighted by Crippen LogP contribution is 2.21. The summed E-state index contributed by atoms with van der Waals surface area (Å²) in [6, 6.07) is 19.2. The lowest BCUT2D eigenvalue weighted by molar-refractivity contribution is -0.907. The standard InChI is InChI=1S/C24H27N3O3/c1-16(24(29)26-22-10-8-21(9-11-22)25-17(2)28)27(3)15-18-5-6-20-14-23(30-4)12-7-19(20)13-18/h5-14,16H,15H2,1-4H3,(H,25,28)(H,26,29)/p+1/t16-/m1/s1. The molecule has 2 atom stereocenters. The molecule has 6 heteroatoms. The Bertz CT molecular complexity index is 1050. The molecule has 0 saturated heterocycles. The molecule has 0 aliphatic carbocycles. The average molecular weight is 407 g/mol. The third kappa shape index (κ3) is 5.36. The van der Waals surface area contributed by atoms with E-state index in [1.165, 1.54) is 12.5 Å². The molecule has 6 nitrogen and oxygen atoms in total. The van der Waals surface area contributed by atoms with Crippen LogP contribution in [0, 0.1) is 0 Å². The minimum atomic E-state index is -0.230. The van der Waals surface area contributed by atoms with E-state index in [2.05, 4.69) is 28.8 Å². The van der Waals surface area contributed by atoms with Crippen LogP contribution in [0.4, 0.5) is 11.4 Å². The van der Waals surface area contributed by atoms with Gasteiger partial charge in [-0.25, -0.2) is 0 Å². The number of methoxy groups -OCH3 is 1. The van der Waals surface area contributed by atoms with Crippen molar-refractivity contribution in [2.24, 2.45) is 0 Å². The van der Waals surface area contributed by atoms with E-state index in [9.17, 15) is 9.59 Å². The van der Waals surface area contributed by atoms with Gasteiger partial charge in [-0.2, -0.15) is 0 Å². The van der Waals surface area contributed by atoms with E-state index in [1.54, 1.807) is 31.4 Å². The third-order valence-electron chi connectivity index (χ3n) is 5.20. The molecule has 3 aromatic carbocycles. The summed E-state index contributed by atoms with van der Waals surface area (Å²) >= 11 is 0. The van der Waals surface area contributed by atoms with Gasteiger partial charge in [0.1, 0.15) is 12.3 Å². The first-order valence-electron chi connectivity index (χ1n) is 9.93. The summed E-state index contributed by atoms with van der Waals surface area (Å²) in [6.07, 6.45) is 0. The van der Waals surface area contributed by atoms with E-state index in [1.807, 2.05) is 32.2 Å². The van der Waals surface area contributed by atoms with Crippen LogP contribution in [0.5, 0.6) is 5.75 Å². The molecule has 0 saturated carbocycles. The molecule has 0 aliphatic rings. The Balaban J connectivity index is 1.61. The zero-order chi connectivity index (χ0) is 21.7. The van der Waals surface area contributed by atoms with Gasteiger partial charge in [-0.3, -0.25) is 9.59 Å². The number of fused-ring (bicyclic) bond motifs is 1. The number of anilines is 2. The van der Waals surface area contributed by atoms with Crippen LogP contribution in [0.25, 0.3) is 10.8 Å². The van der Waals surface area contributed by atoms with Gasteiger partial charge in [0.05, 0.1) is 14.2 Å². The summed E-state index contributed by atoms with van der Waals surface area (Å²) in [5.74, 6) is 0.664. The molecule has 3 aromatic rings. The molecule has 0 aliphatic heterocycles. The van der Waals surface area contributed by atoms with Gasteiger partial charge in [-0.1, -0.05) is 18.2 Å². The van der Waals surface area contributed by atoms with Crippen LogP contribution >= 0.6 is 0 Å². The molecule has 0 bridgehead atoms. The first-order chi connectivity index (χ1) is 14.4. The van der Waals surface area contributed by atoms with Gasteiger partial charge in [0, 0.05) is 23.9 Å². The highest BCUT2D eigenvalue weighted by atomic mass is 16.5. The van der Waals surface area contributed by atoms with Crippen molar-refractivity contribution in [3.05, 3.63) is 66.2 Å². The largest absolute Gasteiger partial charge is 0.497 e. The maximum Gasteiger partial charge on any atom is 0.282 e. The predicted molar refractivity (Wildman–Crippen MR) is 120 cm³/mol. The first-order valence-corrected chi connectivity index (χ1v) is 9.93. The van der Waals surface area contributed by atoms with Gasteiger partial charge in [0.25, 0.3) is 5.91 Å². The lowest BCUT2D eigenvalue weighted by Gasteiger charge is -2.21. The number of benzene rings is 3. The second kappa shape index (κ2) is 9.41. The van der Waals surface area contributed by atoms with Gasteiger partial charge >= 0.3 is 0 Å². The lowest BCUT2D eigenvalue weighted by Crippen LogP contribution is -3.12. The molecule has 2 amide bonds. The van der Waals surface area contributed by atoms with Gasteiger partial charge < -0.3 is 20.3 Å². The molecule has 0 heterocycles. The lowest BCUT2D eigenvalue weighted by atomic mass is 10.1. The monoisotopic (exact) mass is 406 g/mol. The van der Waals surface area contributed by atoms with Crippen molar-refractivity contribution in [3.63, 3.8) is 0 Å². The number of rotatable bonds is 7. The summed E-state index contributed by atoms with van der Waals surface area (Å²) in [5.41, 5.74) is 2.57. The highest BCUT2D eigenvalue weighted by Gasteiger charge is 2.22. The summed E-state index contributed by atoms with van der Waals surface area (Å²) in [4.78, 5) is 24.9. The van der Waals surface area contributed by atoms with Crippen molar-refractivity contribution >= 4 is 34.0 Å². The molecule has 0 spiro atoms. The van der Waals surface area contributed by atoms with E-state index in [0.717, 1.165) is 28.0 Å². The fraction of sp³-hybridized carbons (Fsp3) is 0.250. The SMILES string of the molecule is COc1ccc2cc(C[NH+](C)[C@H](C)C(=O)Nc3ccc(NC(C)=O)cc3)ccc2c1. The van der Waals surface area contributed by atoms with Crippen LogP contribution in [0.3, 0.4) is 0 Å². The topological polar surface area (TPSA) is 71.9 Å². The maximum atomic E-state index is 12.7. The van der Waals surface area contributed by atoms with Gasteiger partial charge in [-0.15, -0.1) is 0 Å². The molecular formula is C24H28N3O3+. The van der Waals surface area contributed by atoms with Crippen LogP contribution in [0.2, 0.25) is 0 Å². The van der Waals surface area contributed by atoms with E-state index in [0.29, 0.717) is 11.4 Å². The van der Waals surface area contributed by atoms with Crippen molar-refractivity contribution in [1.82, 2.24) is 0 Å². The van der Waals surface area contributed by atoms with Crippen LogP contribution in [0.1, 0.15) is 19.4 Å². The van der Waals surface area contributed by atoms with E-state index >= 15 is 0 Å². The fourth-order valence-electron chi connectivity index (χ4n) is 3.30. The normalized spacial score (nSPS) is 12.8. The fourth-order valence-corrected chi connectivity index (χ4v) is 3.30. The van der Waals surface area contributed by atoms with Crippen LogP contribution < -0.4 is 20.3 Å². The van der Waals surface area contributed by atoms with Crippen molar-refractivity contribution in [2.45, 2.75) is 26.4 Å². The first kappa shape index (κ1) is 21.3. The number of carbonyl (C=O) groups excluding carboxylic acids is 2. The molecule has 0 radical (unpaired) electrons. The van der Waals surface area contributed by atoms with Crippen LogP contribution in [-0.2, 0) is 16.1 Å². The van der Waals surface area contributed by atoms with E-state index < -0.39 is 0 Å². The molecule has 30 heavy (non-hydrogen) atoms. The van der Waals surface area contributed by atoms with Gasteiger partial charge in [-0.05, 0) is 60.2 Å². The Labute approximate surface area is 176 Å². The van der Waals surface area contributed by atoms with Crippen molar-refractivity contribution in [1.29, 1.82) is 0 Å². The molecule has 3 rings (SSSR count). The minimum absolute atomic E-state index is 0.0506. The summed E-state index contributed by atoms with van der Waals surface area (Å²) in [7, 11) is 3.68. The predicted octanol–water partition coefficient (Wildman–Crippen LogP) is 2.85. The summed E-state index contributed by atoms with van der Waals surface area (Å²) in [5, 5.41) is 7.93. The Kier molecular flexibility index (Phi) is 6.69. The summed E-state index contributed by atoms with van der Waals surface area (Å²) < 4.78 is 5.28. The molecule has 156 valence electrons. The van der Waals surface area contributed by atoms with E-state index in [-0.39, 0.29) is 17.9 Å². The van der Waals surface area contributed by atoms with Crippen molar-refractivity contribution < 1.29 is 19.2 Å². The molecule has 3 N–H and O–H groups in total. The number of amides is 2. The summed E-state index contributed by atoms with van der Waals surface area (Å²) in [6.45, 7) is 4.11. The average Bonchev–Trinajstić information content (AvgIpc) is 2.73. The van der Waals surface area contributed by atoms with E-state index in [4.69, 9.17) is 4.74 Å². The van der Waals surface area contributed by atoms with Gasteiger partial charge in [0.2, 0.25) is 5.91 Å². The number of likely N-dealkylation sites (N-methyl/N-ethyl adjacent to an activating group) is 1. The zero-order valence-electron chi connectivity index (χ0n) is 17.8. The Morgan fingerprint density at radius 1 is 0.933 bits per heavy atom. The highest BCUT2D eigenvalue weighted by molar-refractivity contribution is 5.94.